The Hall–Kier alpha value is -3.47. The fraction of sp³-hybridized carbons (Fsp3) is 0.435. The van der Waals surface area contributed by atoms with Crippen molar-refractivity contribution in [2.24, 2.45) is 17.1 Å². The van der Waals surface area contributed by atoms with Crippen molar-refractivity contribution in [1.82, 2.24) is 4.90 Å². The van der Waals surface area contributed by atoms with E-state index in [0.717, 1.165) is 18.5 Å². The van der Waals surface area contributed by atoms with Crippen LogP contribution in [-0.2, 0) is 0 Å². The highest BCUT2D eigenvalue weighted by atomic mass is 16.5. The molecular formula is C23H25N5O2. The molecule has 0 spiro atoms. The van der Waals surface area contributed by atoms with E-state index in [1.165, 1.54) is 0 Å². The Bertz CT molecular complexity index is 1010. The fourth-order valence-electron chi connectivity index (χ4n) is 4.70. The summed E-state index contributed by atoms with van der Waals surface area (Å²) >= 11 is 0. The monoisotopic (exact) mass is 403 g/mol. The summed E-state index contributed by atoms with van der Waals surface area (Å²) in [5.74, 6) is 0.377. The first-order valence-corrected chi connectivity index (χ1v) is 9.89. The first-order chi connectivity index (χ1) is 14.5. The van der Waals surface area contributed by atoms with Gasteiger partial charge in [0.05, 0.1) is 43.7 Å². The predicted molar refractivity (Wildman–Crippen MR) is 111 cm³/mol. The topological polar surface area (TPSA) is 119 Å². The number of ether oxygens (including phenoxy) is 2. The van der Waals surface area contributed by atoms with Crippen LogP contribution in [0.15, 0.2) is 41.1 Å². The Kier molecular flexibility index (Phi) is 6.01. The summed E-state index contributed by atoms with van der Waals surface area (Å²) in [4.78, 5) is 2.27. The second-order valence-electron chi connectivity index (χ2n) is 7.50. The quantitative estimate of drug-likeness (QED) is 0.751. The summed E-state index contributed by atoms with van der Waals surface area (Å²) in [7, 11) is 3.11. The van der Waals surface area contributed by atoms with E-state index in [4.69, 9.17) is 15.2 Å². The third-order valence-electron chi connectivity index (χ3n) is 6.03. The molecule has 0 radical (unpaired) electrons. The zero-order valence-electron chi connectivity index (χ0n) is 17.5. The highest BCUT2D eigenvalue weighted by Gasteiger charge is 2.53. The molecule has 0 saturated carbocycles. The number of fused-ring (bicyclic) bond motifs is 1. The summed E-state index contributed by atoms with van der Waals surface area (Å²) in [6, 6.07) is 12.0. The maximum Gasteiger partial charge on any atom is 0.204 e. The van der Waals surface area contributed by atoms with E-state index in [1.807, 2.05) is 18.2 Å². The highest BCUT2D eigenvalue weighted by molar-refractivity contribution is 5.61. The predicted octanol–water partition coefficient (Wildman–Crippen LogP) is 2.84. The van der Waals surface area contributed by atoms with E-state index in [0.29, 0.717) is 30.2 Å². The second kappa shape index (κ2) is 8.49. The van der Waals surface area contributed by atoms with Gasteiger partial charge in [0.2, 0.25) is 5.41 Å². The molecule has 0 saturated heterocycles. The minimum absolute atomic E-state index is 0.0105. The van der Waals surface area contributed by atoms with Crippen molar-refractivity contribution in [1.29, 1.82) is 15.8 Å². The molecule has 30 heavy (non-hydrogen) atoms. The van der Waals surface area contributed by atoms with Gasteiger partial charge in [0.1, 0.15) is 0 Å². The number of allylic oxidation sites excluding steroid dienone is 2. The maximum atomic E-state index is 10.1. The van der Waals surface area contributed by atoms with Gasteiger partial charge in [-0.3, -0.25) is 4.90 Å². The number of methoxy groups -OCH3 is 2. The third kappa shape index (κ3) is 3.07. The van der Waals surface area contributed by atoms with Crippen LogP contribution in [0.3, 0.4) is 0 Å². The number of nitrogens with two attached hydrogens (primary N) is 1. The van der Waals surface area contributed by atoms with E-state index >= 15 is 0 Å². The average molecular weight is 403 g/mol. The van der Waals surface area contributed by atoms with Gasteiger partial charge in [0.15, 0.2) is 11.5 Å². The van der Waals surface area contributed by atoms with E-state index in [2.05, 4.69) is 30.0 Å². The largest absolute Gasteiger partial charge is 0.493 e. The highest BCUT2D eigenvalue weighted by Crippen LogP contribution is 2.54. The minimum atomic E-state index is -1.63. The fourth-order valence-corrected chi connectivity index (χ4v) is 4.70. The SMILES string of the molecule is CCCN1CC=C2C(C1)C(c1cccc(OC)c1OC)C(C#N)=C(N)C2(C#N)C#N. The number of para-hydroxylation sites is 1. The third-order valence-corrected chi connectivity index (χ3v) is 6.03. The molecule has 1 heterocycles. The van der Waals surface area contributed by atoms with Gasteiger partial charge >= 0.3 is 0 Å². The number of nitrogens with zero attached hydrogens (tertiary/aromatic N) is 4. The molecule has 0 aromatic heterocycles. The van der Waals surface area contributed by atoms with Crippen LogP contribution < -0.4 is 15.2 Å². The lowest BCUT2D eigenvalue weighted by Gasteiger charge is -2.45. The summed E-state index contributed by atoms with van der Waals surface area (Å²) in [6.45, 7) is 4.25. The zero-order chi connectivity index (χ0) is 21.9. The van der Waals surface area contributed by atoms with Gasteiger partial charge in [0, 0.05) is 30.5 Å². The van der Waals surface area contributed by atoms with E-state index in [-0.39, 0.29) is 17.2 Å². The molecule has 1 aliphatic heterocycles. The van der Waals surface area contributed by atoms with Gasteiger partial charge < -0.3 is 15.2 Å². The van der Waals surface area contributed by atoms with Crippen LogP contribution in [-0.4, -0.2) is 38.8 Å². The van der Waals surface area contributed by atoms with Crippen molar-refractivity contribution in [3.05, 3.63) is 46.7 Å². The first kappa shape index (κ1) is 21.2. The zero-order valence-corrected chi connectivity index (χ0v) is 17.5. The van der Waals surface area contributed by atoms with Crippen molar-refractivity contribution < 1.29 is 9.47 Å². The molecule has 0 fully saturated rings. The summed E-state index contributed by atoms with van der Waals surface area (Å²) < 4.78 is 11.1. The lowest BCUT2D eigenvalue weighted by atomic mass is 9.60. The van der Waals surface area contributed by atoms with Crippen molar-refractivity contribution in [3.63, 3.8) is 0 Å². The van der Waals surface area contributed by atoms with Crippen LogP contribution in [0.25, 0.3) is 0 Å². The van der Waals surface area contributed by atoms with Gasteiger partial charge in [-0.15, -0.1) is 0 Å². The molecule has 7 nitrogen and oxygen atoms in total. The number of rotatable bonds is 5. The van der Waals surface area contributed by atoms with Crippen molar-refractivity contribution in [2.45, 2.75) is 19.3 Å². The Morgan fingerprint density at radius 2 is 1.93 bits per heavy atom. The van der Waals surface area contributed by atoms with E-state index in [1.54, 1.807) is 20.3 Å². The molecule has 2 aliphatic rings. The molecule has 1 aromatic carbocycles. The Morgan fingerprint density at radius 3 is 2.50 bits per heavy atom. The number of hydrogen-bond acceptors (Lipinski definition) is 7. The van der Waals surface area contributed by atoms with E-state index < -0.39 is 11.3 Å². The van der Waals surface area contributed by atoms with Gasteiger partial charge in [-0.05, 0) is 24.6 Å². The van der Waals surface area contributed by atoms with Crippen LogP contribution in [0.5, 0.6) is 11.5 Å². The van der Waals surface area contributed by atoms with Crippen LogP contribution in [0.1, 0.15) is 24.8 Å². The van der Waals surface area contributed by atoms with Crippen molar-refractivity contribution in [2.75, 3.05) is 33.9 Å². The number of nitriles is 3. The smallest absolute Gasteiger partial charge is 0.204 e. The second-order valence-corrected chi connectivity index (χ2v) is 7.50. The lowest BCUT2D eigenvalue weighted by molar-refractivity contribution is 0.223. The Morgan fingerprint density at radius 1 is 1.20 bits per heavy atom. The van der Waals surface area contributed by atoms with Crippen LogP contribution in [0.2, 0.25) is 0 Å². The van der Waals surface area contributed by atoms with Gasteiger partial charge in [-0.25, -0.2) is 0 Å². The summed E-state index contributed by atoms with van der Waals surface area (Å²) in [5.41, 5.74) is 6.42. The number of hydrogen-bond donors (Lipinski definition) is 1. The molecule has 1 aromatic rings. The standard InChI is InChI=1S/C23H25N5O2/c1-4-9-28-10-8-18-17(12-28)20(15-6-5-7-19(29-2)21(15)30-3)16(11-24)22(27)23(18,13-25)14-26/h5-8,17,20H,4,9-10,12,27H2,1-3H3. The molecule has 1 aliphatic carbocycles. The summed E-state index contributed by atoms with van der Waals surface area (Å²) in [5, 5.41) is 30.0. The summed E-state index contributed by atoms with van der Waals surface area (Å²) in [6.07, 6.45) is 2.92. The molecular weight excluding hydrogens is 378 g/mol. The molecule has 2 N–H and O–H groups in total. The van der Waals surface area contributed by atoms with Crippen molar-refractivity contribution >= 4 is 0 Å². The van der Waals surface area contributed by atoms with Gasteiger partial charge in [0.25, 0.3) is 0 Å². The first-order valence-electron chi connectivity index (χ1n) is 9.89. The van der Waals surface area contributed by atoms with Crippen molar-refractivity contribution in [3.8, 4) is 29.7 Å². The Balaban J connectivity index is 2.32. The molecule has 3 rings (SSSR count). The molecule has 0 bridgehead atoms. The molecule has 2 atom stereocenters. The molecule has 0 amide bonds. The Labute approximate surface area is 177 Å². The lowest BCUT2D eigenvalue weighted by Crippen LogP contribution is -2.47. The van der Waals surface area contributed by atoms with Crippen LogP contribution in [0, 0.1) is 45.3 Å². The average Bonchev–Trinajstić information content (AvgIpc) is 2.78. The van der Waals surface area contributed by atoms with Crippen LogP contribution in [0.4, 0.5) is 0 Å². The maximum absolute atomic E-state index is 10.1. The molecule has 154 valence electrons. The number of benzene rings is 1. The van der Waals surface area contributed by atoms with Crippen LogP contribution >= 0.6 is 0 Å². The van der Waals surface area contributed by atoms with Gasteiger partial charge in [-0.1, -0.05) is 25.1 Å². The van der Waals surface area contributed by atoms with E-state index in [9.17, 15) is 15.8 Å². The molecule has 7 heteroatoms. The normalized spacial score (nSPS) is 22.7. The minimum Gasteiger partial charge on any atom is -0.493 e. The molecule has 2 unspecified atom stereocenters. The van der Waals surface area contributed by atoms with Gasteiger partial charge in [-0.2, -0.15) is 15.8 Å².